The van der Waals surface area contributed by atoms with Crippen LogP contribution in [0.4, 0.5) is 5.69 Å². The van der Waals surface area contributed by atoms with E-state index in [-0.39, 0.29) is 22.8 Å². The molecule has 1 amide bonds. The zero-order valence-corrected chi connectivity index (χ0v) is 12.2. The number of aryl methyl sites for hydroxylation is 2. The number of aromatic nitrogens is 2. The quantitative estimate of drug-likeness (QED) is 0.692. The number of nitro benzene ring substituents is 1. The van der Waals surface area contributed by atoms with Gasteiger partial charge in [-0.15, -0.1) is 0 Å². The average Bonchev–Trinajstić information content (AvgIpc) is 2.74. The lowest BCUT2D eigenvalue weighted by molar-refractivity contribution is -0.385. The molecule has 0 saturated heterocycles. The highest BCUT2D eigenvalue weighted by atomic mass is 35.5. The van der Waals surface area contributed by atoms with Crippen LogP contribution in [0, 0.1) is 17.0 Å². The number of carbonyl (C=O) groups excluding carboxylic acids is 1. The Kier molecular flexibility index (Phi) is 4.23. The summed E-state index contributed by atoms with van der Waals surface area (Å²) in [4.78, 5) is 22.4. The highest BCUT2D eigenvalue weighted by Gasteiger charge is 2.20. The third-order valence-corrected chi connectivity index (χ3v) is 3.19. The third kappa shape index (κ3) is 3.38. The molecule has 1 aromatic heterocycles. The van der Waals surface area contributed by atoms with Crippen LogP contribution in [0.1, 0.15) is 21.6 Å². The van der Waals surface area contributed by atoms with Gasteiger partial charge in [-0.1, -0.05) is 11.6 Å². The highest BCUT2D eigenvalue weighted by Crippen LogP contribution is 2.23. The molecule has 0 aliphatic rings. The summed E-state index contributed by atoms with van der Waals surface area (Å²) in [6, 6.07) is 3.94. The monoisotopic (exact) mass is 308 g/mol. The van der Waals surface area contributed by atoms with Crippen LogP contribution in [-0.2, 0) is 13.6 Å². The van der Waals surface area contributed by atoms with E-state index in [1.807, 2.05) is 6.92 Å². The maximum absolute atomic E-state index is 12.1. The molecule has 0 unspecified atom stereocenters. The van der Waals surface area contributed by atoms with E-state index in [2.05, 4.69) is 10.4 Å². The van der Waals surface area contributed by atoms with E-state index < -0.39 is 10.8 Å². The molecule has 1 heterocycles. The van der Waals surface area contributed by atoms with Gasteiger partial charge in [0.1, 0.15) is 5.56 Å². The molecule has 0 aliphatic heterocycles. The zero-order chi connectivity index (χ0) is 15.6. The number of amides is 1. The number of hydrogen-bond acceptors (Lipinski definition) is 4. The van der Waals surface area contributed by atoms with E-state index in [9.17, 15) is 14.9 Å². The van der Waals surface area contributed by atoms with E-state index in [4.69, 9.17) is 11.6 Å². The molecule has 110 valence electrons. The standard InChI is InChI=1S/C13H13ClN4O3/c1-8-9(7-17(2)16-8)6-15-13(19)11-4-3-10(14)5-12(11)18(20)21/h3-5,7H,6H2,1-2H3,(H,15,19). The van der Waals surface area contributed by atoms with E-state index in [0.717, 1.165) is 17.3 Å². The number of halogens is 1. The van der Waals surface area contributed by atoms with Gasteiger partial charge >= 0.3 is 0 Å². The number of nitrogens with one attached hydrogen (secondary N) is 1. The summed E-state index contributed by atoms with van der Waals surface area (Å²) in [5.74, 6) is -0.526. The fourth-order valence-corrected chi connectivity index (χ4v) is 2.11. The molecule has 0 atom stereocenters. The Bertz CT molecular complexity index is 711. The molecule has 0 radical (unpaired) electrons. The van der Waals surface area contributed by atoms with Crippen LogP contribution >= 0.6 is 11.6 Å². The van der Waals surface area contributed by atoms with Crippen molar-refractivity contribution in [3.05, 3.63) is 56.4 Å². The van der Waals surface area contributed by atoms with Gasteiger partial charge < -0.3 is 5.32 Å². The fourth-order valence-electron chi connectivity index (χ4n) is 1.94. The van der Waals surface area contributed by atoms with Crippen LogP contribution in [0.3, 0.4) is 0 Å². The molecule has 21 heavy (non-hydrogen) atoms. The Morgan fingerprint density at radius 3 is 2.81 bits per heavy atom. The normalized spacial score (nSPS) is 10.4. The Hall–Kier alpha value is -2.41. The number of rotatable bonds is 4. The lowest BCUT2D eigenvalue weighted by Crippen LogP contribution is -2.23. The topological polar surface area (TPSA) is 90.1 Å². The molecule has 7 nitrogen and oxygen atoms in total. The second-order valence-electron chi connectivity index (χ2n) is 4.51. The molecule has 2 rings (SSSR count). The average molecular weight is 309 g/mol. The zero-order valence-electron chi connectivity index (χ0n) is 11.5. The van der Waals surface area contributed by atoms with E-state index in [1.165, 1.54) is 12.1 Å². The van der Waals surface area contributed by atoms with Crippen molar-refractivity contribution in [2.24, 2.45) is 7.05 Å². The van der Waals surface area contributed by atoms with Gasteiger partial charge in [0.2, 0.25) is 0 Å². The first-order valence-corrected chi connectivity index (χ1v) is 6.47. The molecule has 1 N–H and O–H groups in total. The molecule has 8 heteroatoms. The molecule has 0 fully saturated rings. The highest BCUT2D eigenvalue weighted by molar-refractivity contribution is 6.31. The predicted octanol–water partition coefficient (Wildman–Crippen LogP) is 2.22. The first-order chi connectivity index (χ1) is 9.88. The number of nitro groups is 1. The molecule has 0 saturated carbocycles. The van der Waals surface area contributed by atoms with Crippen LogP contribution in [-0.4, -0.2) is 20.6 Å². The van der Waals surface area contributed by atoms with Gasteiger partial charge in [0.05, 0.1) is 10.6 Å². The van der Waals surface area contributed by atoms with Crippen molar-refractivity contribution >= 4 is 23.2 Å². The van der Waals surface area contributed by atoms with E-state index in [0.29, 0.717) is 0 Å². The van der Waals surface area contributed by atoms with E-state index >= 15 is 0 Å². The summed E-state index contributed by atoms with van der Waals surface area (Å²) in [5.41, 5.74) is 1.31. The van der Waals surface area contributed by atoms with Gasteiger partial charge in [0.25, 0.3) is 11.6 Å². The molecule has 0 aliphatic carbocycles. The van der Waals surface area contributed by atoms with Crippen LogP contribution in [0.5, 0.6) is 0 Å². The van der Waals surface area contributed by atoms with Crippen LogP contribution in [0.15, 0.2) is 24.4 Å². The summed E-state index contributed by atoms with van der Waals surface area (Å²) in [5, 5.41) is 18.0. The van der Waals surface area contributed by atoms with Gasteiger partial charge in [-0.05, 0) is 19.1 Å². The maximum atomic E-state index is 12.1. The first kappa shape index (κ1) is 15.0. The third-order valence-electron chi connectivity index (χ3n) is 2.96. The molecule has 2 aromatic rings. The van der Waals surface area contributed by atoms with E-state index in [1.54, 1.807) is 17.9 Å². The van der Waals surface area contributed by atoms with Crippen LogP contribution < -0.4 is 5.32 Å². The lowest BCUT2D eigenvalue weighted by Gasteiger charge is -2.05. The Morgan fingerprint density at radius 2 is 2.24 bits per heavy atom. The van der Waals surface area contributed by atoms with Crippen molar-refractivity contribution < 1.29 is 9.72 Å². The van der Waals surface area contributed by atoms with Crippen molar-refractivity contribution in [2.75, 3.05) is 0 Å². The molecule has 0 bridgehead atoms. The summed E-state index contributed by atoms with van der Waals surface area (Å²) in [7, 11) is 1.78. The van der Waals surface area contributed by atoms with Crippen molar-refractivity contribution in [1.29, 1.82) is 0 Å². The summed E-state index contributed by atoms with van der Waals surface area (Å²) < 4.78 is 1.64. The van der Waals surface area contributed by atoms with Crippen LogP contribution in [0.2, 0.25) is 5.02 Å². The van der Waals surface area contributed by atoms with Crippen LogP contribution in [0.25, 0.3) is 0 Å². The maximum Gasteiger partial charge on any atom is 0.283 e. The number of carbonyl (C=O) groups is 1. The second kappa shape index (κ2) is 5.92. The summed E-state index contributed by atoms with van der Waals surface area (Å²) in [6.45, 7) is 2.07. The predicted molar refractivity (Wildman–Crippen MR) is 77.2 cm³/mol. The number of hydrogen-bond donors (Lipinski definition) is 1. The summed E-state index contributed by atoms with van der Waals surface area (Å²) in [6.07, 6.45) is 1.78. The van der Waals surface area contributed by atoms with Gasteiger partial charge in [0.15, 0.2) is 0 Å². The molecule has 0 spiro atoms. The smallest absolute Gasteiger partial charge is 0.283 e. The van der Waals surface area contributed by atoms with Crippen molar-refractivity contribution in [1.82, 2.24) is 15.1 Å². The van der Waals surface area contributed by atoms with Crippen molar-refractivity contribution in [2.45, 2.75) is 13.5 Å². The summed E-state index contributed by atoms with van der Waals surface area (Å²) >= 11 is 5.71. The first-order valence-electron chi connectivity index (χ1n) is 6.09. The fraction of sp³-hybridized carbons (Fsp3) is 0.231. The van der Waals surface area contributed by atoms with Crippen molar-refractivity contribution in [3.8, 4) is 0 Å². The molecule has 1 aromatic carbocycles. The SMILES string of the molecule is Cc1nn(C)cc1CNC(=O)c1ccc(Cl)cc1[N+](=O)[O-]. The number of nitrogens with zero attached hydrogens (tertiary/aromatic N) is 3. The largest absolute Gasteiger partial charge is 0.348 e. The van der Waals surface area contributed by atoms with Crippen molar-refractivity contribution in [3.63, 3.8) is 0 Å². The number of benzene rings is 1. The Balaban J connectivity index is 2.17. The van der Waals surface area contributed by atoms with Gasteiger partial charge in [-0.3, -0.25) is 19.6 Å². The lowest BCUT2D eigenvalue weighted by atomic mass is 10.1. The van der Waals surface area contributed by atoms with Gasteiger partial charge in [-0.2, -0.15) is 5.10 Å². The Morgan fingerprint density at radius 1 is 1.52 bits per heavy atom. The minimum atomic E-state index is -0.629. The minimum absolute atomic E-state index is 0.0223. The minimum Gasteiger partial charge on any atom is -0.348 e. The van der Waals surface area contributed by atoms with Gasteiger partial charge in [0, 0.05) is 36.4 Å². The molecular formula is C13H13ClN4O3. The Labute approximate surface area is 125 Å². The van der Waals surface area contributed by atoms with Gasteiger partial charge in [-0.25, -0.2) is 0 Å². The molecular weight excluding hydrogens is 296 g/mol. The second-order valence-corrected chi connectivity index (χ2v) is 4.95.